The van der Waals surface area contributed by atoms with E-state index in [0.29, 0.717) is 13.1 Å². The van der Waals surface area contributed by atoms with Crippen molar-refractivity contribution in [3.63, 3.8) is 0 Å². The average Bonchev–Trinajstić information content (AvgIpc) is 2.76. The zero-order valence-electron chi connectivity index (χ0n) is 17.3. The van der Waals surface area contributed by atoms with Gasteiger partial charge in [0.25, 0.3) is 0 Å². The fraction of sp³-hybridized carbons (Fsp3) is 0.450. The maximum absolute atomic E-state index is 13.1. The number of hydrogen-bond donors (Lipinski definition) is 2. The quantitative estimate of drug-likeness (QED) is 0.250. The third-order valence-corrected chi connectivity index (χ3v) is 4.67. The second-order valence-electron chi connectivity index (χ2n) is 6.72. The molecule has 0 aromatic carbocycles. The van der Waals surface area contributed by atoms with Crippen molar-refractivity contribution in [2.24, 2.45) is 4.99 Å². The first-order chi connectivity index (χ1) is 14.5. The molecular weight excluding hydrogens is 522 g/mol. The Morgan fingerprint density at radius 2 is 1.81 bits per heavy atom. The molecule has 1 aliphatic heterocycles. The minimum Gasteiger partial charge on any atom is -0.368 e. The minimum atomic E-state index is -4.44. The summed E-state index contributed by atoms with van der Waals surface area (Å²) in [4.78, 5) is 17.1. The number of piperazine rings is 1. The predicted octanol–water partition coefficient (Wildman–Crippen LogP) is 3.31. The standard InChI is InChI=1S/C20H26F3N7.HI/c1-2-24-19(30-14-12-29(13-15-30)17-7-3-4-8-25-17)28-11-10-27-18-16(20(21,22)23)6-5-9-26-18;/h3-9H,2,10-15H2,1H3,(H,24,28)(H,26,27);1H. The second-order valence-corrected chi connectivity index (χ2v) is 6.72. The molecule has 3 heterocycles. The molecule has 170 valence electrons. The normalized spacial score (nSPS) is 14.8. The van der Waals surface area contributed by atoms with Crippen molar-refractivity contribution in [1.82, 2.24) is 20.2 Å². The monoisotopic (exact) mass is 549 g/mol. The van der Waals surface area contributed by atoms with E-state index in [1.165, 1.54) is 12.3 Å². The van der Waals surface area contributed by atoms with Crippen molar-refractivity contribution in [2.75, 3.05) is 56.0 Å². The Balaban J connectivity index is 0.00000341. The van der Waals surface area contributed by atoms with Crippen molar-refractivity contribution in [2.45, 2.75) is 13.1 Å². The Hall–Kier alpha value is -2.31. The highest BCUT2D eigenvalue weighted by molar-refractivity contribution is 14.0. The van der Waals surface area contributed by atoms with Gasteiger partial charge in [-0.1, -0.05) is 6.07 Å². The summed E-state index contributed by atoms with van der Waals surface area (Å²) in [6.07, 6.45) is -1.32. The lowest BCUT2D eigenvalue weighted by Crippen LogP contribution is -2.52. The number of pyridine rings is 2. The van der Waals surface area contributed by atoms with Gasteiger partial charge in [0.2, 0.25) is 0 Å². The Labute approximate surface area is 197 Å². The molecule has 1 fully saturated rings. The number of guanidine groups is 1. The van der Waals surface area contributed by atoms with Crippen LogP contribution in [0.1, 0.15) is 12.5 Å². The van der Waals surface area contributed by atoms with Gasteiger partial charge in [-0.25, -0.2) is 9.97 Å². The minimum absolute atomic E-state index is 0. The van der Waals surface area contributed by atoms with Gasteiger partial charge in [-0.2, -0.15) is 13.2 Å². The molecule has 0 bridgehead atoms. The summed E-state index contributed by atoms with van der Waals surface area (Å²) >= 11 is 0. The van der Waals surface area contributed by atoms with Crippen LogP contribution in [0.15, 0.2) is 47.7 Å². The first kappa shape index (κ1) is 25.0. The van der Waals surface area contributed by atoms with Gasteiger partial charge >= 0.3 is 6.18 Å². The molecule has 3 rings (SSSR count). The molecule has 2 aromatic heterocycles. The van der Waals surface area contributed by atoms with E-state index in [4.69, 9.17) is 0 Å². The summed E-state index contributed by atoms with van der Waals surface area (Å²) < 4.78 is 39.2. The van der Waals surface area contributed by atoms with Crippen LogP contribution in [0.3, 0.4) is 0 Å². The Bertz CT molecular complexity index is 825. The first-order valence-electron chi connectivity index (χ1n) is 9.94. The summed E-state index contributed by atoms with van der Waals surface area (Å²) in [5.41, 5.74) is -0.772. The number of nitrogens with zero attached hydrogens (tertiary/aromatic N) is 5. The van der Waals surface area contributed by atoms with Crippen molar-refractivity contribution in [3.8, 4) is 0 Å². The molecule has 7 nitrogen and oxygen atoms in total. The van der Waals surface area contributed by atoms with E-state index in [1.54, 1.807) is 6.20 Å². The van der Waals surface area contributed by atoms with Crippen LogP contribution in [0, 0.1) is 0 Å². The van der Waals surface area contributed by atoms with Gasteiger partial charge in [-0.05, 0) is 31.2 Å². The van der Waals surface area contributed by atoms with Gasteiger partial charge in [-0.15, -0.1) is 24.0 Å². The van der Waals surface area contributed by atoms with Gasteiger partial charge in [-0.3, -0.25) is 4.99 Å². The summed E-state index contributed by atoms with van der Waals surface area (Å²) in [6, 6.07) is 8.16. The Morgan fingerprint density at radius 3 is 2.45 bits per heavy atom. The smallest absolute Gasteiger partial charge is 0.368 e. The highest BCUT2D eigenvalue weighted by Crippen LogP contribution is 2.33. The zero-order chi connectivity index (χ0) is 21.4. The molecular formula is C20H27F3IN7. The molecule has 1 aliphatic rings. The van der Waals surface area contributed by atoms with Crippen LogP contribution in [0.5, 0.6) is 0 Å². The fourth-order valence-electron chi connectivity index (χ4n) is 3.23. The highest BCUT2D eigenvalue weighted by atomic mass is 127. The van der Waals surface area contributed by atoms with Crippen LogP contribution in [-0.4, -0.2) is 66.6 Å². The number of alkyl halides is 3. The molecule has 1 saturated heterocycles. The molecule has 0 saturated carbocycles. The summed E-state index contributed by atoms with van der Waals surface area (Å²) in [5, 5.41) is 6.01. The molecule has 0 atom stereocenters. The van der Waals surface area contributed by atoms with Crippen molar-refractivity contribution in [3.05, 3.63) is 48.3 Å². The average molecular weight is 549 g/mol. The molecule has 0 spiro atoms. The highest BCUT2D eigenvalue weighted by Gasteiger charge is 2.33. The third-order valence-electron chi connectivity index (χ3n) is 4.67. The van der Waals surface area contributed by atoms with E-state index in [1.807, 2.05) is 25.1 Å². The first-order valence-corrected chi connectivity index (χ1v) is 9.94. The topological polar surface area (TPSA) is 68.7 Å². The van der Waals surface area contributed by atoms with E-state index in [-0.39, 0.29) is 36.3 Å². The molecule has 0 amide bonds. The van der Waals surface area contributed by atoms with Crippen LogP contribution in [0.25, 0.3) is 0 Å². The van der Waals surface area contributed by atoms with Gasteiger partial charge < -0.3 is 20.4 Å². The lowest BCUT2D eigenvalue weighted by molar-refractivity contribution is -0.137. The number of rotatable bonds is 6. The van der Waals surface area contributed by atoms with Crippen LogP contribution < -0.4 is 15.5 Å². The van der Waals surface area contributed by atoms with E-state index in [9.17, 15) is 13.2 Å². The Morgan fingerprint density at radius 1 is 1.06 bits per heavy atom. The molecule has 0 radical (unpaired) electrons. The van der Waals surface area contributed by atoms with Crippen LogP contribution in [0.2, 0.25) is 0 Å². The van der Waals surface area contributed by atoms with Crippen molar-refractivity contribution >= 4 is 41.6 Å². The molecule has 0 unspecified atom stereocenters. The largest absolute Gasteiger partial charge is 0.419 e. The summed E-state index contributed by atoms with van der Waals surface area (Å²) in [6.45, 7) is 6.50. The fourth-order valence-corrected chi connectivity index (χ4v) is 3.23. The molecule has 11 heteroatoms. The number of anilines is 2. The number of halogens is 4. The SMILES string of the molecule is CCNC(=NCCNc1ncccc1C(F)(F)F)N1CCN(c2ccccn2)CC1.I. The molecule has 0 aliphatic carbocycles. The van der Waals surface area contributed by atoms with Crippen LogP contribution in [0.4, 0.5) is 24.8 Å². The third kappa shape index (κ3) is 7.11. The number of nitrogens with one attached hydrogen (secondary N) is 2. The summed E-state index contributed by atoms with van der Waals surface area (Å²) in [7, 11) is 0. The second kappa shape index (κ2) is 11.9. The van der Waals surface area contributed by atoms with E-state index < -0.39 is 11.7 Å². The maximum Gasteiger partial charge on any atom is 0.419 e. The summed E-state index contributed by atoms with van der Waals surface area (Å²) in [5.74, 6) is 1.55. The number of aromatic nitrogens is 2. The van der Waals surface area contributed by atoms with E-state index >= 15 is 0 Å². The van der Waals surface area contributed by atoms with Crippen LogP contribution >= 0.6 is 24.0 Å². The number of hydrogen-bond acceptors (Lipinski definition) is 5. The van der Waals surface area contributed by atoms with Crippen LogP contribution in [-0.2, 0) is 6.18 Å². The lowest BCUT2D eigenvalue weighted by Gasteiger charge is -2.37. The molecule has 2 aromatic rings. The van der Waals surface area contributed by atoms with Gasteiger partial charge in [0.15, 0.2) is 5.96 Å². The zero-order valence-corrected chi connectivity index (χ0v) is 19.6. The molecule has 2 N–H and O–H groups in total. The van der Waals surface area contributed by atoms with E-state index in [2.05, 4.69) is 35.4 Å². The van der Waals surface area contributed by atoms with Crippen molar-refractivity contribution in [1.29, 1.82) is 0 Å². The van der Waals surface area contributed by atoms with Crippen molar-refractivity contribution < 1.29 is 13.2 Å². The van der Waals surface area contributed by atoms with Gasteiger partial charge in [0.1, 0.15) is 11.6 Å². The number of aliphatic imine (C=N–C) groups is 1. The van der Waals surface area contributed by atoms with E-state index in [0.717, 1.165) is 44.0 Å². The maximum atomic E-state index is 13.1. The molecule has 31 heavy (non-hydrogen) atoms. The van der Waals surface area contributed by atoms with Gasteiger partial charge in [0, 0.05) is 51.7 Å². The Kier molecular flexibility index (Phi) is 9.59. The predicted molar refractivity (Wildman–Crippen MR) is 127 cm³/mol. The lowest BCUT2D eigenvalue weighted by atomic mass is 10.2. The van der Waals surface area contributed by atoms with Gasteiger partial charge in [0.05, 0.1) is 12.1 Å².